The van der Waals surface area contributed by atoms with E-state index in [1.54, 1.807) is 18.6 Å². The first-order chi connectivity index (χ1) is 17.2. The second-order valence-electron chi connectivity index (χ2n) is 8.38. The maximum absolute atomic E-state index is 9.89. The lowest BCUT2D eigenvalue weighted by molar-refractivity contribution is 0.0622. The van der Waals surface area contributed by atoms with Crippen LogP contribution >= 0.6 is 0 Å². The first-order valence-corrected chi connectivity index (χ1v) is 11.3. The van der Waals surface area contributed by atoms with Crippen molar-refractivity contribution in [2.45, 2.75) is 12.7 Å². The number of hydrogen-bond acceptors (Lipinski definition) is 4. The van der Waals surface area contributed by atoms with Gasteiger partial charge in [-0.2, -0.15) is 10.5 Å². The highest BCUT2D eigenvalue weighted by Gasteiger charge is 2.21. The number of aromatic nitrogens is 2. The van der Waals surface area contributed by atoms with Gasteiger partial charge < -0.3 is 9.30 Å². The topological polar surface area (TPSA) is 74.6 Å². The molecule has 0 fully saturated rings. The van der Waals surface area contributed by atoms with Crippen molar-refractivity contribution in [3.63, 3.8) is 0 Å². The molecule has 1 aromatic heterocycles. The van der Waals surface area contributed by atoms with E-state index in [4.69, 9.17) is 4.74 Å². The van der Waals surface area contributed by atoms with Gasteiger partial charge in [-0.1, -0.05) is 60.7 Å². The first-order valence-electron chi connectivity index (χ1n) is 11.3. The van der Waals surface area contributed by atoms with E-state index in [1.807, 2.05) is 66.2 Å². The molecule has 5 rings (SSSR count). The molecule has 0 radical (unpaired) electrons. The number of fused-ring (bicyclic) bond motifs is 1. The minimum atomic E-state index is -0.408. The van der Waals surface area contributed by atoms with Crippen molar-refractivity contribution < 1.29 is 4.74 Å². The Hall–Kier alpha value is -4.71. The molecule has 35 heavy (non-hydrogen) atoms. The van der Waals surface area contributed by atoms with Gasteiger partial charge in [0.15, 0.2) is 0 Å². The Bertz CT molecular complexity index is 1600. The molecule has 0 aliphatic heterocycles. The van der Waals surface area contributed by atoms with Gasteiger partial charge >= 0.3 is 0 Å². The minimum absolute atomic E-state index is 0.328. The average Bonchev–Trinajstić information content (AvgIpc) is 3.34. The lowest BCUT2D eigenvalue weighted by Gasteiger charge is -2.21. The Morgan fingerprint density at radius 2 is 1.71 bits per heavy atom. The predicted molar refractivity (Wildman–Crippen MR) is 135 cm³/mol. The third-order valence-electron chi connectivity index (χ3n) is 6.14. The summed E-state index contributed by atoms with van der Waals surface area (Å²) in [7, 11) is 1.93. The predicted octanol–water partition coefficient (Wildman–Crippen LogP) is 6.29. The molecule has 168 valence electrons. The summed E-state index contributed by atoms with van der Waals surface area (Å²) in [5.41, 5.74) is 5.81. The smallest absolute Gasteiger partial charge is 0.124 e. The summed E-state index contributed by atoms with van der Waals surface area (Å²) in [5.74, 6) is 0. The van der Waals surface area contributed by atoms with Gasteiger partial charge in [0.25, 0.3) is 0 Å². The van der Waals surface area contributed by atoms with Crippen LogP contribution in [0.4, 0.5) is 0 Å². The van der Waals surface area contributed by atoms with E-state index < -0.39 is 6.10 Å². The number of imidazole rings is 1. The lowest BCUT2D eigenvalue weighted by atomic mass is 9.92. The van der Waals surface area contributed by atoms with Gasteiger partial charge in [0.2, 0.25) is 0 Å². The van der Waals surface area contributed by atoms with E-state index in [0.29, 0.717) is 17.7 Å². The fraction of sp³-hybridized carbons (Fsp3) is 0.100. The fourth-order valence-corrected chi connectivity index (χ4v) is 4.39. The maximum Gasteiger partial charge on any atom is 0.124 e. The van der Waals surface area contributed by atoms with Crippen LogP contribution in [0.5, 0.6) is 0 Å². The van der Waals surface area contributed by atoms with Gasteiger partial charge in [-0.05, 0) is 51.7 Å². The molecule has 5 heteroatoms. The fourth-order valence-electron chi connectivity index (χ4n) is 4.39. The first kappa shape index (κ1) is 22.1. The van der Waals surface area contributed by atoms with Gasteiger partial charge in [0, 0.05) is 12.6 Å². The van der Waals surface area contributed by atoms with Crippen LogP contribution in [0.1, 0.15) is 34.1 Å². The monoisotopic (exact) mass is 454 g/mol. The number of rotatable bonds is 6. The van der Waals surface area contributed by atoms with E-state index in [1.165, 1.54) is 0 Å². The number of hydrogen-bond donors (Lipinski definition) is 0. The molecule has 0 aliphatic carbocycles. The molecular weight excluding hydrogens is 432 g/mol. The number of aryl methyl sites for hydroxylation is 1. The van der Waals surface area contributed by atoms with E-state index in [2.05, 4.69) is 41.4 Å². The van der Waals surface area contributed by atoms with Gasteiger partial charge in [-0.3, -0.25) is 0 Å². The van der Waals surface area contributed by atoms with E-state index in [9.17, 15) is 10.5 Å². The Labute approximate surface area is 204 Å². The van der Waals surface area contributed by atoms with Crippen molar-refractivity contribution in [2.75, 3.05) is 0 Å². The molecule has 4 aromatic carbocycles. The van der Waals surface area contributed by atoms with Crippen LogP contribution in [0.3, 0.4) is 0 Å². The van der Waals surface area contributed by atoms with Crippen LogP contribution in [-0.2, 0) is 18.4 Å². The molecule has 0 N–H and O–H groups in total. The number of nitrogens with zero attached hydrogens (tertiary/aromatic N) is 4. The van der Waals surface area contributed by atoms with Crippen molar-refractivity contribution in [3.05, 3.63) is 125 Å². The largest absolute Gasteiger partial charge is 0.363 e. The average molecular weight is 455 g/mol. The summed E-state index contributed by atoms with van der Waals surface area (Å²) in [6.07, 6.45) is 3.14. The van der Waals surface area contributed by atoms with E-state index in [-0.39, 0.29) is 0 Å². The summed E-state index contributed by atoms with van der Waals surface area (Å²) in [4.78, 5) is 4.29. The van der Waals surface area contributed by atoms with Crippen molar-refractivity contribution in [2.24, 2.45) is 7.05 Å². The molecule has 0 amide bonds. The standard InChI is InChI=1S/C30H22N4O/c1-34-20-33-18-29(34)30(35-19-22-7-4-6-21(14-22)16-31)24-12-13-25(17-32)28(15-24)27-11-5-9-23-8-2-3-10-26(23)27/h2-15,18,20,30H,19H2,1H3. The van der Waals surface area contributed by atoms with Crippen molar-refractivity contribution in [1.82, 2.24) is 9.55 Å². The van der Waals surface area contributed by atoms with Gasteiger partial charge in [-0.25, -0.2) is 4.98 Å². The minimum Gasteiger partial charge on any atom is -0.363 e. The Morgan fingerprint density at radius 3 is 2.51 bits per heavy atom. The molecule has 0 aliphatic rings. The molecule has 1 atom stereocenters. The maximum atomic E-state index is 9.89. The van der Waals surface area contributed by atoms with E-state index in [0.717, 1.165) is 38.7 Å². The molecule has 0 saturated heterocycles. The van der Waals surface area contributed by atoms with Crippen LogP contribution in [0, 0.1) is 22.7 Å². The van der Waals surface area contributed by atoms with Crippen LogP contribution in [0.2, 0.25) is 0 Å². The van der Waals surface area contributed by atoms with Crippen molar-refractivity contribution in [3.8, 4) is 23.3 Å². The zero-order valence-corrected chi connectivity index (χ0v) is 19.2. The highest BCUT2D eigenvalue weighted by Crippen LogP contribution is 2.35. The molecule has 0 bridgehead atoms. The SMILES string of the molecule is Cn1cncc1C(OCc1cccc(C#N)c1)c1ccc(C#N)c(-c2cccc3ccccc23)c1. The third-order valence-corrected chi connectivity index (χ3v) is 6.14. The van der Waals surface area contributed by atoms with Gasteiger partial charge in [0.05, 0.1) is 48.1 Å². The molecular formula is C30H22N4O. The second-order valence-corrected chi connectivity index (χ2v) is 8.38. The Kier molecular flexibility index (Phi) is 6.09. The quantitative estimate of drug-likeness (QED) is 0.302. The van der Waals surface area contributed by atoms with E-state index >= 15 is 0 Å². The summed E-state index contributed by atoms with van der Waals surface area (Å²) in [6.45, 7) is 0.328. The molecule has 0 spiro atoms. The summed E-state index contributed by atoms with van der Waals surface area (Å²) in [5, 5.41) is 21.3. The zero-order valence-electron chi connectivity index (χ0n) is 19.2. The summed E-state index contributed by atoms with van der Waals surface area (Å²) >= 11 is 0. The van der Waals surface area contributed by atoms with Crippen molar-refractivity contribution >= 4 is 10.8 Å². The van der Waals surface area contributed by atoms with Crippen molar-refractivity contribution in [1.29, 1.82) is 10.5 Å². The number of nitriles is 2. The van der Waals surface area contributed by atoms with Crippen LogP contribution < -0.4 is 0 Å². The Balaban J connectivity index is 1.60. The highest BCUT2D eigenvalue weighted by atomic mass is 16.5. The molecule has 5 aromatic rings. The molecule has 1 heterocycles. The molecule has 5 nitrogen and oxygen atoms in total. The molecule has 0 saturated carbocycles. The third kappa shape index (κ3) is 4.42. The van der Waals surface area contributed by atoms with Crippen LogP contribution in [0.15, 0.2) is 97.5 Å². The van der Waals surface area contributed by atoms with Crippen LogP contribution in [-0.4, -0.2) is 9.55 Å². The number of ether oxygens (including phenoxy) is 1. The molecule has 1 unspecified atom stereocenters. The lowest BCUT2D eigenvalue weighted by Crippen LogP contribution is -2.11. The van der Waals surface area contributed by atoms with Crippen LogP contribution in [0.25, 0.3) is 21.9 Å². The Morgan fingerprint density at radius 1 is 0.886 bits per heavy atom. The zero-order chi connectivity index (χ0) is 24.2. The highest BCUT2D eigenvalue weighted by molar-refractivity contribution is 5.97. The summed E-state index contributed by atoms with van der Waals surface area (Å²) < 4.78 is 8.37. The van der Waals surface area contributed by atoms with Gasteiger partial charge in [0.1, 0.15) is 6.10 Å². The second kappa shape index (κ2) is 9.65. The summed E-state index contributed by atoms with van der Waals surface area (Å²) in [6, 6.07) is 32.1. The normalized spacial score (nSPS) is 11.6. The number of benzene rings is 4. The van der Waals surface area contributed by atoms with Gasteiger partial charge in [-0.15, -0.1) is 0 Å².